The van der Waals surface area contributed by atoms with Crippen molar-refractivity contribution in [3.63, 3.8) is 0 Å². The summed E-state index contributed by atoms with van der Waals surface area (Å²) < 4.78 is 12.9. The molecule has 0 aromatic heterocycles. The molecule has 1 aliphatic rings. The van der Waals surface area contributed by atoms with Crippen LogP contribution in [0.25, 0.3) is 0 Å². The van der Waals surface area contributed by atoms with Crippen LogP contribution in [-0.4, -0.2) is 23.7 Å². The van der Waals surface area contributed by atoms with Crippen molar-refractivity contribution in [3.05, 3.63) is 35.6 Å². The summed E-state index contributed by atoms with van der Waals surface area (Å²) in [6.45, 7) is 0.602. The predicted octanol–water partition coefficient (Wildman–Crippen LogP) is 1.65. The second-order valence-corrected chi connectivity index (χ2v) is 4.94. The number of hydrogen-bond acceptors (Lipinski definition) is 2. The van der Waals surface area contributed by atoms with Crippen LogP contribution in [0.4, 0.5) is 4.39 Å². The van der Waals surface area contributed by atoms with Crippen molar-refractivity contribution in [2.75, 3.05) is 6.54 Å². The fraction of sp³-hybridized carbons (Fsp3) is 0.500. The Labute approximate surface area is 106 Å². The van der Waals surface area contributed by atoms with E-state index in [9.17, 15) is 14.3 Å². The first-order chi connectivity index (χ1) is 8.63. The molecule has 0 heterocycles. The predicted molar refractivity (Wildman–Crippen MR) is 66.5 cm³/mol. The maximum Gasteiger partial charge on any atom is 0.224 e. The molecule has 4 heteroatoms. The number of aliphatic hydroxyl groups is 1. The second-order valence-electron chi connectivity index (χ2n) is 4.94. The molecule has 2 atom stereocenters. The van der Waals surface area contributed by atoms with E-state index in [1.54, 1.807) is 12.1 Å². The molecule has 0 saturated heterocycles. The van der Waals surface area contributed by atoms with Gasteiger partial charge in [0, 0.05) is 6.54 Å². The topological polar surface area (TPSA) is 49.3 Å². The zero-order valence-corrected chi connectivity index (χ0v) is 10.2. The molecule has 1 saturated carbocycles. The van der Waals surface area contributed by atoms with Gasteiger partial charge < -0.3 is 10.4 Å². The molecule has 0 aliphatic heterocycles. The van der Waals surface area contributed by atoms with E-state index in [1.807, 2.05) is 0 Å². The fourth-order valence-corrected chi connectivity index (χ4v) is 2.39. The fourth-order valence-electron chi connectivity index (χ4n) is 2.39. The molecule has 1 fully saturated rings. The van der Waals surface area contributed by atoms with Gasteiger partial charge in [0.1, 0.15) is 5.82 Å². The summed E-state index contributed by atoms with van der Waals surface area (Å²) in [5.41, 5.74) is 0.680. The molecule has 0 spiro atoms. The summed E-state index contributed by atoms with van der Waals surface area (Å²) >= 11 is 0. The van der Waals surface area contributed by atoms with Gasteiger partial charge in [-0.15, -0.1) is 0 Å². The van der Waals surface area contributed by atoms with Crippen LogP contribution in [0, 0.1) is 11.7 Å². The first kappa shape index (κ1) is 13.0. The Morgan fingerprint density at radius 2 is 2.28 bits per heavy atom. The Bertz CT molecular complexity index is 422. The summed E-state index contributed by atoms with van der Waals surface area (Å²) in [7, 11) is 0. The number of carbonyl (C=O) groups is 1. The number of rotatable bonds is 4. The normalized spacial score (nSPS) is 23.0. The molecule has 2 N–H and O–H groups in total. The van der Waals surface area contributed by atoms with Crippen molar-refractivity contribution < 1.29 is 14.3 Å². The number of hydrogen-bond donors (Lipinski definition) is 2. The summed E-state index contributed by atoms with van der Waals surface area (Å²) in [6, 6.07) is 6.08. The van der Waals surface area contributed by atoms with Gasteiger partial charge in [-0.25, -0.2) is 4.39 Å². The van der Waals surface area contributed by atoms with Crippen molar-refractivity contribution in [2.45, 2.75) is 31.8 Å². The smallest absolute Gasteiger partial charge is 0.224 e. The van der Waals surface area contributed by atoms with Gasteiger partial charge in [0.15, 0.2) is 0 Å². The summed E-state index contributed by atoms with van der Waals surface area (Å²) in [5.74, 6) is -0.0438. The summed E-state index contributed by atoms with van der Waals surface area (Å²) in [4.78, 5) is 11.7. The SMILES string of the molecule is O=C(Cc1cccc(F)c1)NCC1CCC(O)C1. The molecule has 2 rings (SSSR count). The molecule has 1 aliphatic carbocycles. The molecule has 0 bridgehead atoms. The lowest BCUT2D eigenvalue weighted by atomic mass is 10.1. The Morgan fingerprint density at radius 3 is 2.94 bits per heavy atom. The van der Waals surface area contributed by atoms with Gasteiger partial charge in [-0.05, 0) is 42.9 Å². The van der Waals surface area contributed by atoms with Crippen LogP contribution in [0.2, 0.25) is 0 Å². The van der Waals surface area contributed by atoms with Crippen molar-refractivity contribution in [3.8, 4) is 0 Å². The lowest BCUT2D eigenvalue weighted by molar-refractivity contribution is -0.120. The average molecular weight is 251 g/mol. The molecule has 0 radical (unpaired) electrons. The number of nitrogens with one attached hydrogen (secondary N) is 1. The second kappa shape index (κ2) is 5.96. The van der Waals surface area contributed by atoms with Crippen molar-refractivity contribution in [1.29, 1.82) is 0 Å². The van der Waals surface area contributed by atoms with Gasteiger partial charge in [0.25, 0.3) is 0 Å². The lowest BCUT2D eigenvalue weighted by Crippen LogP contribution is -2.29. The Balaban J connectivity index is 1.75. The van der Waals surface area contributed by atoms with E-state index in [0.29, 0.717) is 18.0 Å². The quantitative estimate of drug-likeness (QED) is 0.854. The van der Waals surface area contributed by atoms with Crippen molar-refractivity contribution in [2.24, 2.45) is 5.92 Å². The molecule has 98 valence electrons. The van der Waals surface area contributed by atoms with Gasteiger partial charge in [0.05, 0.1) is 12.5 Å². The first-order valence-corrected chi connectivity index (χ1v) is 6.32. The number of aliphatic hydroxyl groups excluding tert-OH is 1. The molecule has 1 aromatic carbocycles. The van der Waals surface area contributed by atoms with Crippen molar-refractivity contribution >= 4 is 5.91 Å². The Hall–Kier alpha value is -1.42. The van der Waals surface area contributed by atoms with Crippen LogP contribution in [-0.2, 0) is 11.2 Å². The highest BCUT2D eigenvalue weighted by molar-refractivity contribution is 5.78. The minimum Gasteiger partial charge on any atom is -0.393 e. The van der Waals surface area contributed by atoms with Gasteiger partial charge in [-0.1, -0.05) is 12.1 Å². The molecule has 3 nitrogen and oxygen atoms in total. The lowest BCUT2D eigenvalue weighted by Gasteiger charge is -2.10. The Kier molecular flexibility index (Phi) is 4.31. The number of amides is 1. The molecular formula is C14H18FNO2. The van der Waals surface area contributed by atoms with E-state index in [0.717, 1.165) is 19.3 Å². The maximum absolute atomic E-state index is 12.9. The van der Waals surface area contributed by atoms with Crippen LogP contribution in [0.15, 0.2) is 24.3 Å². The number of halogens is 1. The average Bonchev–Trinajstić information content (AvgIpc) is 2.73. The van der Waals surface area contributed by atoms with Crippen LogP contribution in [0.1, 0.15) is 24.8 Å². The highest BCUT2D eigenvalue weighted by Gasteiger charge is 2.22. The van der Waals surface area contributed by atoms with Crippen LogP contribution < -0.4 is 5.32 Å². The monoisotopic (exact) mass is 251 g/mol. The maximum atomic E-state index is 12.9. The van der Waals surface area contributed by atoms with E-state index >= 15 is 0 Å². The summed E-state index contributed by atoms with van der Waals surface area (Å²) in [5, 5.41) is 12.2. The number of carbonyl (C=O) groups excluding carboxylic acids is 1. The van der Waals surface area contributed by atoms with E-state index in [-0.39, 0.29) is 24.2 Å². The van der Waals surface area contributed by atoms with E-state index in [4.69, 9.17) is 0 Å². The minimum atomic E-state index is -0.320. The zero-order valence-electron chi connectivity index (χ0n) is 10.2. The van der Waals surface area contributed by atoms with Crippen LogP contribution in [0.3, 0.4) is 0 Å². The zero-order chi connectivity index (χ0) is 13.0. The minimum absolute atomic E-state index is 0.0954. The molecular weight excluding hydrogens is 233 g/mol. The van der Waals surface area contributed by atoms with Gasteiger partial charge >= 0.3 is 0 Å². The van der Waals surface area contributed by atoms with E-state index in [2.05, 4.69) is 5.32 Å². The van der Waals surface area contributed by atoms with E-state index < -0.39 is 0 Å². The van der Waals surface area contributed by atoms with Gasteiger partial charge in [-0.3, -0.25) is 4.79 Å². The highest BCUT2D eigenvalue weighted by atomic mass is 19.1. The standard InChI is InChI=1S/C14H18FNO2/c15-12-3-1-2-10(6-12)8-14(18)16-9-11-4-5-13(17)7-11/h1-3,6,11,13,17H,4-5,7-9H2,(H,16,18). The number of benzene rings is 1. The Morgan fingerprint density at radius 1 is 1.44 bits per heavy atom. The third-order valence-corrected chi connectivity index (χ3v) is 3.36. The third kappa shape index (κ3) is 3.81. The van der Waals surface area contributed by atoms with Crippen molar-refractivity contribution in [1.82, 2.24) is 5.32 Å². The van der Waals surface area contributed by atoms with Gasteiger partial charge in [-0.2, -0.15) is 0 Å². The van der Waals surface area contributed by atoms with Crippen LogP contribution in [0.5, 0.6) is 0 Å². The van der Waals surface area contributed by atoms with Gasteiger partial charge in [0.2, 0.25) is 5.91 Å². The van der Waals surface area contributed by atoms with E-state index in [1.165, 1.54) is 12.1 Å². The largest absolute Gasteiger partial charge is 0.393 e. The molecule has 1 amide bonds. The highest BCUT2D eigenvalue weighted by Crippen LogP contribution is 2.24. The van der Waals surface area contributed by atoms with Crippen LogP contribution >= 0.6 is 0 Å². The summed E-state index contributed by atoms with van der Waals surface area (Å²) in [6.07, 6.45) is 2.54. The molecule has 1 aromatic rings. The third-order valence-electron chi connectivity index (χ3n) is 3.36. The molecule has 18 heavy (non-hydrogen) atoms. The first-order valence-electron chi connectivity index (χ1n) is 6.32. The molecule has 2 unspecified atom stereocenters.